The van der Waals surface area contributed by atoms with E-state index in [0.29, 0.717) is 0 Å². The number of halogens is 1. The lowest BCUT2D eigenvalue weighted by atomic mass is 9.69. The second-order valence-electron chi connectivity index (χ2n) is 5.00. The molecule has 0 aromatic rings. The molecular formula is C14H28FN. The zero-order valence-electron chi connectivity index (χ0n) is 11.8. The first kappa shape index (κ1) is 17.8. The van der Waals surface area contributed by atoms with Gasteiger partial charge in [0.15, 0.2) is 0 Å². The third-order valence-corrected chi connectivity index (χ3v) is 4.11. The van der Waals surface area contributed by atoms with E-state index in [0.717, 1.165) is 12.8 Å². The molecule has 0 aliphatic rings. The molecule has 1 nitrogen and oxygen atoms in total. The molecule has 2 heteroatoms. The Bertz CT molecular complexity index is 237. The lowest BCUT2D eigenvalue weighted by Gasteiger charge is -2.44. The van der Waals surface area contributed by atoms with Crippen molar-refractivity contribution >= 4 is 0 Å². The van der Waals surface area contributed by atoms with Crippen LogP contribution in [0.15, 0.2) is 24.8 Å². The smallest absolute Gasteiger partial charge is 0.0363 e. The number of likely N-dealkylation sites (N-methyl/N-ethyl adjacent to an activating group) is 1. The monoisotopic (exact) mass is 229 g/mol. The van der Waals surface area contributed by atoms with Crippen LogP contribution in [0.4, 0.5) is 4.70 Å². The lowest BCUT2D eigenvalue weighted by molar-refractivity contribution is 0.199. The molecular weight excluding hydrogens is 201 g/mol. The number of nitrogens with zero attached hydrogens (tertiary/aromatic N) is 1. The van der Waals surface area contributed by atoms with Crippen molar-refractivity contribution in [1.82, 2.24) is 4.90 Å². The van der Waals surface area contributed by atoms with Gasteiger partial charge in [-0.3, -0.25) is 4.70 Å². The van der Waals surface area contributed by atoms with E-state index >= 15 is 0 Å². The summed E-state index contributed by atoms with van der Waals surface area (Å²) in [4.78, 5) is 2.22. The maximum atomic E-state index is 4.32. The van der Waals surface area contributed by atoms with E-state index in [1.807, 2.05) is 0 Å². The van der Waals surface area contributed by atoms with Gasteiger partial charge in [0.2, 0.25) is 0 Å². The Labute approximate surface area is 101 Å². The van der Waals surface area contributed by atoms with Crippen LogP contribution in [0.2, 0.25) is 0 Å². The summed E-state index contributed by atoms with van der Waals surface area (Å²) in [5, 5.41) is 0. The fourth-order valence-electron chi connectivity index (χ4n) is 1.97. The van der Waals surface area contributed by atoms with Crippen LogP contribution in [-0.2, 0) is 0 Å². The first-order valence-corrected chi connectivity index (χ1v) is 5.79. The maximum Gasteiger partial charge on any atom is 0.0363 e. The van der Waals surface area contributed by atoms with E-state index < -0.39 is 0 Å². The third-order valence-electron chi connectivity index (χ3n) is 4.11. The van der Waals surface area contributed by atoms with Crippen molar-refractivity contribution in [2.75, 3.05) is 14.1 Å². The molecule has 16 heavy (non-hydrogen) atoms. The molecule has 0 N–H and O–H groups in total. The molecule has 0 bridgehead atoms. The molecule has 0 spiro atoms. The van der Waals surface area contributed by atoms with Crippen molar-refractivity contribution in [3.8, 4) is 0 Å². The summed E-state index contributed by atoms with van der Waals surface area (Å²) >= 11 is 0. The van der Waals surface area contributed by atoms with Gasteiger partial charge in [-0.2, -0.15) is 0 Å². The van der Waals surface area contributed by atoms with Gasteiger partial charge in [0.05, 0.1) is 0 Å². The van der Waals surface area contributed by atoms with Crippen molar-refractivity contribution in [2.45, 2.75) is 46.1 Å². The van der Waals surface area contributed by atoms with Crippen LogP contribution in [0.25, 0.3) is 0 Å². The van der Waals surface area contributed by atoms with E-state index in [1.54, 1.807) is 0 Å². The Hall–Kier alpha value is -0.630. The Morgan fingerprint density at radius 1 is 1.19 bits per heavy atom. The van der Waals surface area contributed by atoms with E-state index in [4.69, 9.17) is 0 Å². The first-order chi connectivity index (χ1) is 6.78. The van der Waals surface area contributed by atoms with E-state index in [1.165, 1.54) is 5.57 Å². The van der Waals surface area contributed by atoms with Crippen molar-refractivity contribution in [3.63, 3.8) is 0 Å². The van der Waals surface area contributed by atoms with Crippen LogP contribution in [0.3, 0.4) is 0 Å². The van der Waals surface area contributed by atoms with Gasteiger partial charge in [-0.15, -0.1) is 6.58 Å². The molecule has 0 aromatic carbocycles. The van der Waals surface area contributed by atoms with E-state index in [2.05, 4.69) is 65.9 Å². The van der Waals surface area contributed by atoms with Gasteiger partial charge in [-0.05, 0) is 46.4 Å². The van der Waals surface area contributed by atoms with Crippen LogP contribution in [-0.4, -0.2) is 24.5 Å². The van der Waals surface area contributed by atoms with Crippen molar-refractivity contribution in [3.05, 3.63) is 24.8 Å². The fourth-order valence-corrected chi connectivity index (χ4v) is 1.97. The minimum absolute atomic E-state index is 0. The quantitative estimate of drug-likeness (QED) is 0.622. The predicted molar refractivity (Wildman–Crippen MR) is 72.6 cm³/mol. The maximum absolute atomic E-state index is 4.32. The molecule has 0 amide bonds. The number of hydrogen-bond donors (Lipinski definition) is 0. The summed E-state index contributed by atoms with van der Waals surface area (Å²) in [5.41, 5.74) is 1.36. The summed E-state index contributed by atoms with van der Waals surface area (Å²) in [5.74, 6) is 0. The second kappa shape index (κ2) is 6.19. The fraction of sp³-hybridized carbons (Fsp3) is 0.714. The molecule has 0 aliphatic heterocycles. The molecule has 96 valence electrons. The highest BCUT2D eigenvalue weighted by atomic mass is 19.0. The summed E-state index contributed by atoms with van der Waals surface area (Å²) < 4.78 is 0. The minimum atomic E-state index is 0. The molecule has 0 saturated carbocycles. The van der Waals surface area contributed by atoms with Crippen LogP contribution in [0.1, 0.15) is 40.5 Å². The molecule has 0 heterocycles. The van der Waals surface area contributed by atoms with Gasteiger partial charge in [0, 0.05) is 11.0 Å². The number of hydrogen-bond acceptors (Lipinski definition) is 1. The van der Waals surface area contributed by atoms with Crippen LogP contribution in [0, 0.1) is 5.41 Å². The zero-order chi connectivity index (χ0) is 12.3. The highest BCUT2D eigenvalue weighted by Gasteiger charge is 2.36. The average molecular weight is 229 g/mol. The molecule has 0 atom stereocenters. The summed E-state index contributed by atoms with van der Waals surface area (Å²) in [7, 11) is 4.20. The molecule has 0 fully saturated rings. The minimum Gasteiger partial charge on any atom is -0.301 e. The second-order valence-corrected chi connectivity index (χ2v) is 5.00. The normalized spacial score (nSPS) is 12.2. The lowest BCUT2D eigenvalue weighted by Crippen LogP contribution is -2.44. The Balaban J connectivity index is 0. The SMILES string of the molecule is C=CC(CC)(CC)C(=C)C(C)(C)N(C)C.F. The topological polar surface area (TPSA) is 3.24 Å². The van der Waals surface area contributed by atoms with Gasteiger partial charge in [0.1, 0.15) is 0 Å². The third kappa shape index (κ3) is 2.94. The van der Waals surface area contributed by atoms with Gasteiger partial charge in [0.25, 0.3) is 0 Å². The average Bonchev–Trinajstić information content (AvgIpc) is 2.20. The van der Waals surface area contributed by atoms with Gasteiger partial charge >= 0.3 is 0 Å². The van der Waals surface area contributed by atoms with Crippen LogP contribution < -0.4 is 0 Å². The number of rotatable bonds is 6. The van der Waals surface area contributed by atoms with Crippen LogP contribution in [0.5, 0.6) is 0 Å². The van der Waals surface area contributed by atoms with Gasteiger partial charge < -0.3 is 4.90 Å². The Kier molecular flexibility index (Phi) is 6.87. The van der Waals surface area contributed by atoms with Crippen molar-refractivity contribution < 1.29 is 4.70 Å². The molecule has 0 saturated heterocycles. The summed E-state index contributed by atoms with van der Waals surface area (Å²) in [6, 6.07) is 0. The molecule has 0 unspecified atom stereocenters. The van der Waals surface area contributed by atoms with Crippen molar-refractivity contribution in [2.24, 2.45) is 5.41 Å². The standard InChI is InChI=1S/C14H27N.FH/c1-9-14(10-2,11-3)12(4)13(5,6)15(7)8;/h9H,1,4,10-11H2,2-3,5-8H3;1H. The highest BCUT2D eigenvalue weighted by molar-refractivity contribution is 5.27. The van der Waals surface area contributed by atoms with Gasteiger partial charge in [-0.1, -0.05) is 26.5 Å². The largest absolute Gasteiger partial charge is 0.301 e. The highest BCUT2D eigenvalue weighted by Crippen LogP contribution is 2.42. The van der Waals surface area contributed by atoms with Gasteiger partial charge in [-0.25, -0.2) is 0 Å². The predicted octanol–water partition coefficient (Wildman–Crippen LogP) is 4.03. The molecule has 0 rings (SSSR count). The molecule has 0 aliphatic carbocycles. The first-order valence-electron chi connectivity index (χ1n) is 5.79. The molecule has 0 aromatic heterocycles. The van der Waals surface area contributed by atoms with Crippen LogP contribution >= 0.6 is 0 Å². The van der Waals surface area contributed by atoms with Crippen molar-refractivity contribution in [1.29, 1.82) is 0 Å². The summed E-state index contributed by atoms with van der Waals surface area (Å²) in [6.45, 7) is 17.2. The molecule has 0 radical (unpaired) electrons. The van der Waals surface area contributed by atoms with E-state index in [9.17, 15) is 0 Å². The summed E-state index contributed by atoms with van der Waals surface area (Å²) in [6.07, 6.45) is 4.22. The number of allylic oxidation sites excluding steroid dienone is 1. The van der Waals surface area contributed by atoms with E-state index in [-0.39, 0.29) is 15.7 Å². The zero-order valence-corrected chi connectivity index (χ0v) is 11.8. The Morgan fingerprint density at radius 2 is 1.56 bits per heavy atom. The Morgan fingerprint density at radius 3 is 1.75 bits per heavy atom.